The fourth-order valence-electron chi connectivity index (χ4n) is 8.20. The second-order valence-electron chi connectivity index (χ2n) is 10.9. The Balaban J connectivity index is 1.43. The molecule has 7 atom stereocenters. The molecule has 31 heavy (non-hydrogen) atoms. The second kappa shape index (κ2) is 7.11. The van der Waals surface area contributed by atoms with E-state index in [1.165, 1.54) is 5.57 Å². The molecule has 0 unspecified atom stereocenters. The molecule has 5 nitrogen and oxygen atoms in total. The molecule has 1 aliphatic heterocycles. The van der Waals surface area contributed by atoms with Crippen molar-refractivity contribution in [3.05, 3.63) is 23.5 Å². The Bertz CT molecular complexity index is 858. The Hall–Kier alpha value is -1.78. The highest BCUT2D eigenvalue weighted by molar-refractivity contribution is 5.96. The Labute approximate surface area is 185 Å². The number of methoxy groups -OCH3 is 1. The van der Waals surface area contributed by atoms with Gasteiger partial charge in [0.15, 0.2) is 5.92 Å². The first kappa shape index (κ1) is 21.1. The molecule has 5 aliphatic rings. The first-order valence-electron chi connectivity index (χ1n) is 12.1. The Kier molecular flexibility index (Phi) is 4.84. The minimum Gasteiger partial charge on any atom is -0.501 e. The van der Waals surface area contributed by atoms with Gasteiger partial charge in [0.25, 0.3) is 0 Å². The van der Waals surface area contributed by atoms with Gasteiger partial charge in [0.1, 0.15) is 5.60 Å². The highest BCUT2D eigenvalue weighted by Crippen LogP contribution is 2.69. The molecule has 2 saturated carbocycles. The number of esters is 2. The van der Waals surface area contributed by atoms with Gasteiger partial charge < -0.3 is 14.2 Å². The summed E-state index contributed by atoms with van der Waals surface area (Å²) in [4.78, 5) is 25.1. The zero-order chi connectivity index (χ0) is 22.0. The van der Waals surface area contributed by atoms with Gasteiger partial charge in [-0.05, 0) is 80.3 Å². The van der Waals surface area contributed by atoms with Crippen LogP contribution in [0.15, 0.2) is 23.5 Å². The van der Waals surface area contributed by atoms with E-state index in [9.17, 15) is 9.59 Å². The lowest BCUT2D eigenvalue weighted by atomic mass is 9.47. The van der Waals surface area contributed by atoms with Crippen LogP contribution in [0.2, 0.25) is 0 Å². The zero-order valence-electron chi connectivity index (χ0n) is 19.4. The van der Waals surface area contributed by atoms with Gasteiger partial charge >= 0.3 is 11.9 Å². The molecule has 0 aromatic carbocycles. The second-order valence-corrected chi connectivity index (χ2v) is 10.9. The largest absolute Gasteiger partial charge is 0.501 e. The van der Waals surface area contributed by atoms with Crippen molar-refractivity contribution in [1.29, 1.82) is 0 Å². The summed E-state index contributed by atoms with van der Waals surface area (Å²) in [6.07, 6.45) is 12.7. The number of carbonyl (C=O) groups is 2. The molecule has 0 aromatic rings. The molecule has 170 valence electrons. The van der Waals surface area contributed by atoms with E-state index >= 15 is 0 Å². The lowest BCUT2D eigenvalue weighted by molar-refractivity contribution is -0.169. The molecule has 3 fully saturated rings. The number of hydrogen-bond donors (Lipinski definition) is 0. The fraction of sp³-hybridized carbons (Fsp3) is 0.769. The lowest BCUT2D eigenvalue weighted by Gasteiger charge is -2.58. The maximum Gasteiger partial charge on any atom is 0.321 e. The van der Waals surface area contributed by atoms with Gasteiger partial charge in [-0.15, -0.1) is 0 Å². The van der Waals surface area contributed by atoms with E-state index < -0.39 is 17.5 Å². The predicted octanol–water partition coefficient (Wildman–Crippen LogP) is 4.95. The number of ether oxygens (including phenoxy) is 3. The Morgan fingerprint density at radius 2 is 1.97 bits per heavy atom. The highest BCUT2D eigenvalue weighted by atomic mass is 16.6. The first-order valence-corrected chi connectivity index (χ1v) is 12.1. The van der Waals surface area contributed by atoms with E-state index in [4.69, 9.17) is 14.2 Å². The third-order valence-electron chi connectivity index (χ3n) is 9.97. The van der Waals surface area contributed by atoms with Crippen molar-refractivity contribution in [2.24, 2.45) is 34.5 Å². The molecule has 5 heteroatoms. The fourth-order valence-corrected chi connectivity index (χ4v) is 8.20. The molecular formula is C26H36O5. The van der Waals surface area contributed by atoms with Crippen LogP contribution in [0.5, 0.6) is 0 Å². The van der Waals surface area contributed by atoms with E-state index in [0.29, 0.717) is 30.8 Å². The van der Waals surface area contributed by atoms with Crippen LogP contribution in [-0.4, -0.2) is 31.3 Å². The van der Waals surface area contributed by atoms with E-state index in [1.807, 2.05) is 0 Å². The summed E-state index contributed by atoms with van der Waals surface area (Å²) in [6.45, 7) is 6.88. The van der Waals surface area contributed by atoms with Crippen molar-refractivity contribution in [2.45, 2.75) is 77.7 Å². The van der Waals surface area contributed by atoms with Crippen LogP contribution in [0.1, 0.15) is 72.1 Å². The third-order valence-corrected chi connectivity index (χ3v) is 9.97. The summed E-state index contributed by atoms with van der Waals surface area (Å²) in [5.74, 6) is 1.38. The number of carbonyl (C=O) groups excluding carboxylic acids is 2. The van der Waals surface area contributed by atoms with E-state index in [-0.39, 0.29) is 16.8 Å². The van der Waals surface area contributed by atoms with Gasteiger partial charge in [0.05, 0.1) is 19.5 Å². The van der Waals surface area contributed by atoms with Crippen LogP contribution in [-0.2, 0) is 23.8 Å². The Morgan fingerprint density at radius 3 is 2.71 bits per heavy atom. The van der Waals surface area contributed by atoms with Crippen LogP contribution in [0, 0.1) is 34.5 Å². The minimum absolute atomic E-state index is 0.0605. The maximum absolute atomic E-state index is 12.7. The van der Waals surface area contributed by atoms with Crippen LogP contribution >= 0.6 is 0 Å². The molecular weight excluding hydrogens is 392 g/mol. The van der Waals surface area contributed by atoms with Gasteiger partial charge in [-0.1, -0.05) is 19.9 Å². The van der Waals surface area contributed by atoms with Gasteiger partial charge in [-0.3, -0.25) is 9.59 Å². The standard InChI is InChI=1S/C26H36O5/c1-5-30-22(27)19-15-26(31-23(19)28)13-10-21-18-7-6-16-14-17(29-4)8-11-24(16,2)20(18)9-12-25(21,26)3/h6,14,18-21H,5,7-13,15H2,1-4H3/t18-,19+,20+,21-,24+,25+,26-/m1/s1. The maximum atomic E-state index is 12.7. The van der Waals surface area contributed by atoms with Crippen LogP contribution in [0.25, 0.3) is 0 Å². The molecule has 1 heterocycles. The van der Waals surface area contributed by atoms with Crippen molar-refractivity contribution in [3.63, 3.8) is 0 Å². The molecule has 0 bridgehead atoms. The first-order chi connectivity index (χ1) is 14.8. The quantitative estimate of drug-likeness (QED) is 0.470. The van der Waals surface area contributed by atoms with Crippen LogP contribution in [0.3, 0.4) is 0 Å². The molecule has 1 saturated heterocycles. The smallest absolute Gasteiger partial charge is 0.321 e. The highest BCUT2D eigenvalue weighted by Gasteiger charge is 2.69. The van der Waals surface area contributed by atoms with Crippen LogP contribution < -0.4 is 0 Å². The molecule has 4 aliphatic carbocycles. The monoisotopic (exact) mass is 428 g/mol. The minimum atomic E-state index is -0.750. The normalized spacial score (nSPS) is 45.7. The average molecular weight is 429 g/mol. The molecule has 1 spiro atoms. The summed E-state index contributed by atoms with van der Waals surface area (Å²) >= 11 is 0. The van der Waals surface area contributed by atoms with E-state index in [2.05, 4.69) is 26.0 Å². The summed E-state index contributed by atoms with van der Waals surface area (Å²) in [7, 11) is 1.77. The van der Waals surface area contributed by atoms with Crippen molar-refractivity contribution >= 4 is 11.9 Å². The molecule has 0 radical (unpaired) electrons. The lowest BCUT2D eigenvalue weighted by Crippen LogP contribution is -2.54. The number of rotatable bonds is 3. The predicted molar refractivity (Wildman–Crippen MR) is 116 cm³/mol. The van der Waals surface area contributed by atoms with Crippen molar-refractivity contribution in [2.75, 3.05) is 13.7 Å². The third kappa shape index (κ3) is 2.80. The molecule has 0 N–H and O–H groups in total. The molecule has 5 rings (SSSR count). The Morgan fingerprint density at radius 1 is 1.19 bits per heavy atom. The van der Waals surface area contributed by atoms with Gasteiger partial charge in [0, 0.05) is 18.3 Å². The van der Waals surface area contributed by atoms with Gasteiger partial charge in [-0.25, -0.2) is 0 Å². The van der Waals surface area contributed by atoms with E-state index in [1.54, 1.807) is 14.0 Å². The van der Waals surface area contributed by atoms with Crippen molar-refractivity contribution in [3.8, 4) is 0 Å². The van der Waals surface area contributed by atoms with Crippen molar-refractivity contribution < 1.29 is 23.8 Å². The average Bonchev–Trinajstić information content (AvgIpc) is 3.24. The van der Waals surface area contributed by atoms with Crippen molar-refractivity contribution in [1.82, 2.24) is 0 Å². The van der Waals surface area contributed by atoms with Gasteiger partial charge in [0.2, 0.25) is 0 Å². The number of hydrogen-bond acceptors (Lipinski definition) is 5. The topological polar surface area (TPSA) is 61.8 Å². The number of allylic oxidation sites excluding steroid dienone is 4. The molecule has 0 aromatic heterocycles. The number of fused-ring (bicyclic) bond motifs is 6. The summed E-state index contributed by atoms with van der Waals surface area (Å²) in [6, 6.07) is 0. The molecule has 0 amide bonds. The van der Waals surface area contributed by atoms with E-state index in [0.717, 1.165) is 50.7 Å². The zero-order valence-corrected chi connectivity index (χ0v) is 19.4. The summed E-state index contributed by atoms with van der Waals surface area (Å²) in [5.41, 5.74) is 1.11. The SMILES string of the molecule is CCOC(=O)[C@@H]1C[C@@]2(CC[C@@H]3[C@@H]4CC=C5C=C(OC)CC[C@]5(C)[C@H]4CC[C@@]32C)OC1=O. The van der Waals surface area contributed by atoms with Gasteiger partial charge in [-0.2, -0.15) is 0 Å². The summed E-state index contributed by atoms with van der Waals surface area (Å²) in [5, 5.41) is 0. The van der Waals surface area contributed by atoms with Crippen LogP contribution in [0.4, 0.5) is 0 Å². The summed E-state index contributed by atoms with van der Waals surface area (Å²) < 4.78 is 16.9.